The molecule has 1 aliphatic rings. The fourth-order valence-electron chi connectivity index (χ4n) is 2.70. The van der Waals surface area contributed by atoms with E-state index in [0.717, 1.165) is 5.01 Å². The van der Waals surface area contributed by atoms with Crippen LogP contribution in [0.5, 0.6) is 17.2 Å². The molecule has 0 spiro atoms. The molecule has 3 rings (SSSR count). The van der Waals surface area contributed by atoms with Gasteiger partial charge in [-0.3, -0.25) is 9.59 Å². The van der Waals surface area contributed by atoms with Gasteiger partial charge in [-0.1, -0.05) is 18.2 Å². The quantitative estimate of drug-likeness (QED) is 0.664. The molecular formula is C20H18N2O5. The lowest BCUT2D eigenvalue weighted by molar-refractivity contribution is -0.123. The van der Waals surface area contributed by atoms with Crippen LogP contribution in [0.4, 0.5) is 0 Å². The van der Waals surface area contributed by atoms with E-state index in [-0.39, 0.29) is 16.9 Å². The number of phenols is 1. The first-order chi connectivity index (χ1) is 13.0. The zero-order valence-electron chi connectivity index (χ0n) is 15.1. The molecule has 2 aromatic carbocycles. The van der Waals surface area contributed by atoms with Gasteiger partial charge in [0.2, 0.25) is 0 Å². The van der Waals surface area contributed by atoms with E-state index in [9.17, 15) is 14.7 Å². The highest BCUT2D eigenvalue weighted by Gasteiger charge is 2.33. The van der Waals surface area contributed by atoms with Crippen LogP contribution in [0.25, 0.3) is 6.08 Å². The first kappa shape index (κ1) is 18.2. The van der Waals surface area contributed by atoms with E-state index in [4.69, 9.17) is 9.47 Å². The molecule has 2 amide bonds. The van der Waals surface area contributed by atoms with E-state index in [1.54, 1.807) is 43.3 Å². The fraction of sp³-hybridized carbons (Fsp3) is 0.150. The monoisotopic (exact) mass is 366 g/mol. The molecule has 0 unspecified atom stereocenters. The number of carbonyl (C=O) groups is 2. The van der Waals surface area contributed by atoms with Gasteiger partial charge >= 0.3 is 0 Å². The van der Waals surface area contributed by atoms with Crippen molar-refractivity contribution < 1.29 is 24.2 Å². The first-order valence-electron chi connectivity index (χ1n) is 8.12. The summed E-state index contributed by atoms with van der Waals surface area (Å²) in [5, 5.41) is 14.7. The van der Waals surface area contributed by atoms with E-state index in [0.29, 0.717) is 22.8 Å². The van der Waals surface area contributed by atoms with E-state index in [1.807, 2.05) is 0 Å². The number of amides is 2. The molecule has 1 N–H and O–H groups in total. The minimum Gasteiger partial charge on any atom is -0.507 e. The summed E-state index contributed by atoms with van der Waals surface area (Å²) >= 11 is 0. The number of phenolic OH excluding ortho intramolecular Hbond substituents is 1. The normalized spacial score (nSPS) is 15.1. The number of methoxy groups -OCH3 is 2. The summed E-state index contributed by atoms with van der Waals surface area (Å²) in [6, 6.07) is 11.2. The Morgan fingerprint density at radius 1 is 1.11 bits per heavy atom. The lowest BCUT2D eigenvalue weighted by atomic mass is 10.1. The Bertz CT molecular complexity index is 978. The highest BCUT2D eigenvalue weighted by atomic mass is 16.5. The maximum atomic E-state index is 12.7. The number of hydrogen-bond donors (Lipinski definition) is 1. The van der Waals surface area contributed by atoms with Crippen molar-refractivity contribution in [3.63, 3.8) is 0 Å². The van der Waals surface area contributed by atoms with Gasteiger partial charge in [0.05, 0.1) is 31.1 Å². The van der Waals surface area contributed by atoms with Gasteiger partial charge in [-0.2, -0.15) is 10.1 Å². The summed E-state index contributed by atoms with van der Waals surface area (Å²) in [6.07, 6.45) is 1.63. The second-order valence-corrected chi connectivity index (χ2v) is 5.80. The van der Waals surface area contributed by atoms with Crippen LogP contribution in [-0.4, -0.2) is 41.9 Å². The average Bonchev–Trinajstić information content (AvgIpc) is 2.96. The number of nitrogens with zero attached hydrogens (tertiary/aromatic N) is 2. The highest BCUT2D eigenvalue weighted by molar-refractivity contribution is 6.30. The number of hydrazone groups is 1. The zero-order chi connectivity index (χ0) is 19.6. The standard InChI is InChI=1S/C20H18N2O5/c1-12-15(10-13-8-9-17(26-2)18(11-13)27-3)20(25)22(21-12)19(24)14-6-4-5-7-16(14)23/h4-11,23H,1-3H3. The zero-order valence-corrected chi connectivity index (χ0v) is 15.1. The maximum absolute atomic E-state index is 12.7. The molecule has 0 aliphatic carbocycles. The van der Waals surface area contributed by atoms with E-state index >= 15 is 0 Å². The maximum Gasteiger partial charge on any atom is 0.285 e. The Kier molecular flexibility index (Phi) is 4.94. The van der Waals surface area contributed by atoms with Crippen LogP contribution >= 0.6 is 0 Å². The minimum atomic E-state index is -0.687. The van der Waals surface area contributed by atoms with Crippen molar-refractivity contribution in [3.05, 3.63) is 59.2 Å². The van der Waals surface area contributed by atoms with Crippen LogP contribution in [0.15, 0.2) is 53.1 Å². The average molecular weight is 366 g/mol. The third-order valence-electron chi connectivity index (χ3n) is 4.11. The second kappa shape index (κ2) is 7.33. The number of hydrogen-bond acceptors (Lipinski definition) is 6. The number of aromatic hydroxyl groups is 1. The van der Waals surface area contributed by atoms with Crippen LogP contribution in [0.1, 0.15) is 22.8 Å². The molecule has 0 saturated heterocycles. The van der Waals surface area contributed by atoms with E-state index in [2.05, 4.69) is 5.10 Å². The Morgan fingerprint density at radius 2 is 1.81 bits per heavy atom. The molecule has 0 atom stereocenters. The van der Waals surface area contributed by atoms with Crippen molar-refractivity contribution >= 4 is 23.6 Å². The molecule has 27 heavy (non-hydrogen) atoms. The summed E-state index contributed by atoms with van der Waals surface area (Å²) in [5.41, 5.74) is 1.39. The molecule has 0 saturated carbocycles. The number of para-hydroxylation sites is 1. The summed E-state index contributed by atoms with van der Waals surface area (Å²) in [4.78, 5) is 25.3. The topological polar surface area (TPSA) is 88.4 Å². The van der Waals surface area contributed by atoms with Gasteiger partial charge in [0, 0.05) is 0 Å². The predicted octanol–water partition coefficient (Wildman–Crippen LogP) is 2.85. The smallest absolute Gasteiger partial charge is 0.285 e. The molecular weight excluding hydrogens is 348 g/mol. The number of rotatable bonds is 4. The Labute approximate surface area is 156 Å². The molecule has 0 aromatic heterocycles. The minimum absolute atomic E-state index is 0.00904. The number of imide groups is 1. The lowest BCUT2D eigenvalue weighted by Crippen LogP contribution is -2.29. The first-order valence-corrected chi connectivity index (χ1v) is 8.12. The summed E-state index contributed by atoms with van der Waals surface area (Å²) in [6.45, 7) is 1.64. The lowest BCUT2D eigenvalue weighted by Gasteiger charge is -2.11. The largest absolute Gasteiger partial charge is 0.507 e. The SMILES string of the molecule is COc1ccc(C=C2C(=O)N(C(=O)c3ccccc3O)N=C2C)cc1OC. The Balaban J connectivity index is 1.93. The number of carbonyl (C=O) groups excluding carboxylic acids is 2. The van der Waals surface area contributed by atoms with Crippen molar-refractivity contribution in [2.24, 2.45) is 5.10 Å². The van der Waals surface area contributed by atoms with Crippen molar-refractivity contribution in [3.8, 4) is 17.2 Å². The van der Waals surface area contributed by atoms with Crippen LogP contribution in [0.3, 0.4) is 0 Å². The van der Waals surface area contributed by atoms with Crippen molar-refractivity contribution in [1.29, 1.82) is 0 Å². The Morgan fingerprint density at radius 3 is 2.48 bits per heavy atom. The van der Waals surface area contributed by atoms with Gasteiger partial charge in [0.1, 0.15) is 5.75 Å². The van der Waals surface area contributed by atoms with Gasteiger partial charge in [-0.25, -0.2) is 0 Å². The van der Waals surface area contributed by atoms with Crippen LogP contribution in [0.2, 0.25) is 0 Å². The van der Waals surface area contributed by atoms with Gasteiger partial charge in [0.15, 0.2) is 11.5 Å². The Hall–Kier alpha value is -3.61. The fourth-order valence-corrected chi connectivity index (χ4v) is 2.70. The molecule has 0 fully saturated rings. The van der Waals surface area contributed by atoms with Crippen LogP contribution in [-0.2, 0) is 4.79 Å². The van der Waals surface area contributed by atoms with Gasteiger partial charge in [-0.05, 0) is 42.8 Å². The van der Waals surface area contributed by atoms with Gasteiger partial charge in [0.25, 0.3) is 11.8 Å². The summed E-state index contributed by atoms with van der Waals surface area (Å²) in [7, 11) is 3.06. The third kappa shape index (κ3) is 3.39. The predicted molar refractivity (Wildman–Crippen MR) is 99.9 cm³/mol. The number of benzene rings is 2. The van der Waals surface area contributed by atoms with E-state index < -0.39 is 11.8 Å². The van der Waals surface area contributed by atoms with Crippen LogP contribution in [0, 0.1) is 0 Å². The molecule has 0 radical (unpaired) electrons. The summed E-state index contributed by atoms with van der Waals surface area (Å²) in [5.74, 6) is -0.364. The molecule has 7 heteroatoms. The second-order valence-electron chi connectivity index (χ2n) is 5.80. The molecule has 0 bridgehead atoms. The van der Waals surface area contributed by atoms with E-state index in [1.165, 1.54) is 26.4 Å². The molecule has 1 aliphatic heterocycles. The van der Waals surface area contributed by atoms with Crippen molar-refractivity contribution in [2.45, 2.75) is 6.92 Å². The number of ether oxygens (including phenoxy) is 2. The van der Waals surface area contributed by atoms with Crippen LogP contribution < -0.4 is 9.47 Å². The molecule has 138 valence electrons. The van der Waals surface area contributed by atoms with Crippen molar-refractivity contribution in [1.82, 2.24) is 5.01 Å². The summed E-state index contributed by atoms with van der Waals surface area (Å²) < 4.78 is 10.5. The van der Waals surface area contributed by atoms with Gasteiger partial charge < -0.3 is 14.6 Å². The third-order valence-corrected chi connectivity index (χ3v) is 4.11. The highest BCUT2D eigenvalue weighted by Crippen LogP contribution is 2.30. The molecule has 7 nitrogen and oxygen atoms in total. The molecule has 1 heterocycles. The molecule has 2 aromatic rings. The van der Waals surface area contributed by atoms with Crippen molar-refractivity contribution in [2.75, 3.05) is 14.2 Å². The van der Waals surface area contributed by atoms with Gasteiger partial charge in [-0.15, -0.1) is 0 Å².